The molecule has 0 spiro atoms. The molecular formula is C22H20N2O7S. The van der Waals surface area contributed by atoms with Crippen LogP contribution in [0.25, 0.3) is 6.08 Å². The molecule has 0 bridgehead atoms. The van der Waals surface area contributed by atoms with Crippen LogP contribution in [0, 0.1) is 0 Å². The highest BCUT2D eigenvalue weighted by atomic mass is 32.2. The van der Waals surface area contributed by atoms with E-state index in [2.05, 4.69) is 4.99 Å². The predicted molar refractivity (Wildman–Crippen MR) is 119 cm³/mol. The number of aliphatic carboxylic acids is 1. The third-order valence-corrected chi connectivity index (χ3v) is 5.62. The molecule has 1 fully saturated rings. The number of hydrogen-bond acceptors (Lipinski definition) is 7. The fraction of sp³-hybridized carbons (Fsp3) is 0.182. The first-order chi connectivity index (χ1) is 15.2. The summed E-state index contributed by atoms with van der Waals surface area (Å²) in [5.74, 6) is -2.75. The first kappa shape index (κ1) is 22.9. The number of benzene rings is 2. The normalized spacial score (nSPS) is 17.1. The standard InChI is InChI=1S/C22H20N2O7S/c1-3-16(21(29)30)31-17-7-5-4-6-12(17)10-18-19(26)24(2)22(32-18)23-13-8-9-14(20(27)28)15(25)11-13/h4-11,16,25H,3H2,1-2H3,(H,27,28)(H,29,30)/b18-10-,23-22?. The van der Waals surface area contributed by atoms with Crippen molar-refractivity contribution >= 4 is 46.5 Å². The molecule has 166 valence electrons. The molecule has 2 aromatic rings. The molecule has 3 N–H and O–H groups in total. The summed E-state index contributed by atoms with van der Waals surface area (Å²) >= 11 is 1.09. The van der Waals surface area contributed by atoms with E-state index < -0.39 is 23.8 Å². The maximum absolute atomic E-state index is 12.7. The fourth-order valence-corrected chi connectivity index (χ4v) is 3.82. The van der Waals surface area contributed by atoms with Gasteiger partial charge in [0.05, 0.1) is 10.6 Å². The molecule has 1 amide bonds. The Morgan fingerprint density at radius 3 is 2.56 bits per heavy atom. The van der Waals surface area contributed by atoms with Gasteiger partial charge in [0.1, 0.15) is 17.1 Å². The van der Waals surface area contributed by atoms with Crippen molar-refractivity contribution in [2.24, 2.45) is 4.99 Å². The van der Waals surface area contributed by atoms with Gasteiger partial charge in [0, 0.05) is 18.7 Å². The molecule has 1 atom stereocenters. The summed E-state index contributed by atoms with van der Waals surface area (Å²) in [6.45, 7) is 1.70. The van der Waals surface area contributed by atoms with Gasteiger partial charge in [-0.2, -0.15) is 0 Å². The lowest BCUT2D eigenvalue weighted by Gasteiger charge is -2.15. The lowest BCUT2D eigenvalue weighted by atomic mass is 10.1. The molecule has 1 saturated heterocycles. The number of aromatic carboxylic acids is 1. The number of ether oxygens (including phenoxy) is 1. The summed E-state index contributed by atoms with van der Waals surface area (Å²) in [5, 5.41) is 28.5. The molecule has 9 nitrogen and oxygen atoms in total. The lowest BCUT2D eigenvalue weighted by Crippen LogP contribution is -2.26. The van der Waals surface area contributed by atoms with Crippen LogP contribution in [-0.2, 0) is 9.59 Å². The number of carboxylic acid groups (broad SMARTS) is 2. The highest BCUT2D eigenvalue weighted by Gasteiger charge is 2.31. The molecule has 2 aromatic carbocycles. The number of aromatic hydroxyl groups is 1. The summed E-state index contributed by atoms with van der Waals surface area (Å²) in [6, 6.07) is 10.7. The Hall–Kier alpha value is -3.79. The van der Waals surface area contributed by atoms with E-state index in [4.69, 9.17) is 9.84 Å². The van der Waals surface area contributed by atoms with Gasteiger partial charge >= 0.3 is 11.9 Å². The van der Waals surface area contributed by atoms with Gasteiger partial charge in [0.15, 0.2) is 11.3 Å². The van der Waals surface area contributed by atoms with Crippen molar-refractivity contribution in [3.05, 3.63) is 58.5 Å². The average molecular weight is 456 g/mol. The van der Waals surface area contributed by atoms with Crippen molar-refractivity contribution in [1.29, 1.82) is 0 Å². The number of aliphatic imine (C=N–C) groups is 1. The molecule has 1 unspecified atom stereocenters. The van der Waals surface area contributed by atoms with Crippen molar-refractivity contribution < 1.29 is 34.4 Å². The number of rotatable bonds is 7. The summed E-state index contributed by atoms with van der Waals surface area (Å²) in [5.41, 5.74) is 0.578. The topological polar surface area (TPSA) is 137 Å². The molecule has 0 aromatic heterocycles. The Bertz CT molecular complexity index is 1140. The highest BCUT2D eigenvalue weighted by molar-refractivity contribution is 8.18. The van der Waals surface area contributed by atoms with E-state index >= 15 is 0 Å². The molecule has 3 rings (SSSR count). The number of thioether (sulfide) groups is 1. The first-order valence-electron chi connectivity index (χ1n) is 9.52. The summed E-state index contributed by atoms with van der Waals surface area (Å²) in [7, 11) is 1.54. The smallest absolute Gasteiger partial charge is 0.344 e. The zero-order valence-corrected chi connectivity index (χ0v) is 18.0. The van der Waals surface area contributed by atoms with Crippen LogP contribution in [0.3, 0.4) is 0 Å². The quantitative estimate of drug-likeness (QED) is 0.538. The highest BCUT2D eigenvalue weighted by Crippen LogP contribution is 2.35. The molecule has 0 saturated carbocycles. The van der Waals surface area contributed by atoms with E-state index in [0.29, 0.717) is 21.4 Å². The van der Waals surface area contributed by atoms with E-state index in [1.165, 1.54) is 23.1 Å². The summed E-state index contributed by atoms with van der Waals surface area (Å²) in [4.78, 5) is 41.1. The third-order valence-electron chi connectivity index (χ3n) is 4.56. The number of carbonyl (C=O) groups excluding carboxylic acids is 1. The minimum Gasteiger partial charge on any atom is -0.507 e. The van der Waals surface area contributed by atoms with Gasteiger partial charge in [-0.25, -0.2) is 14.6 Å². The van der Waals surface area contributed by atoms with Crippen LogP contribution in [0.1, 0.15) is 29.3 Å². The van der Waals surface area contributed by atoms with Gasteiger partial charge in [-0.15, -0.1) is 0 Å². The van der Waals surface area contributed by atoms with Crippen molar-refractivity contribution in [3.8, 4) is 11.5 Å². The second-order valence-electron chi connectivity index (χ2n) is 6.77. The van der Waals surface area contributed by atoms with Gasteiger partial charge in [0.25, 0.3) is 5.91 Å². The maximum Gasteiger partial charge on any atom is 0.344 e. The molecule has 32 heavy (non-hydrogen) atoms. The average Bonchev–Trinajstić information content (AvgIpc) is 3.00. The number of hydrogen-bond donors (Lipinski definition) is 3. The summed E-state index contributed by atoms with van der Waals surface area (Å²) < 4.78 is 5.61. The van der Waals surface area contributed by atoms with Crippen LogP contribution in [-0.4, -0.2) is 56.4 Å². The predicted octanol–water partition coefficient (Wildman–Crippen LogP) is 3.57. The van der Waals surface area contributed by atoms with Crippen LogP contribution in [0.4, 0.5) is 5.69 Å². The van der Waals surface area contributed by atoms with Crippen LogP contribution in [0.5, 0.6) is 11.5 Å². The minimum absolute atomic E-state index is 0.249. The first-order valence-corrected chi connectivity index (χ1v) is 10.3. The second kappa shape index (κ2) is 9.56. The Kier molecular flexibility index (Phi) is 6.84. The van der Waals surface area contributed by atoms with E-state index in [1.807, 2.05) is 0 Å². The van der Waals surface area contributed by atoms with E-state index in [0.717, 1.165) is 11.8 Å². The minimum atomic E-state index is -1.26. The Balaban J connectivity index is 1.90. The second-order valence-corrected chi connectivity index (χ2v) is 7.78. The van der Waals surface area contributed by atoms with Crippen LogP contribution >= 0.6 is 11.8 Å². The Morgan fingerprint density at radius 2 is 1.94 bits per heavy atom. The van der Waals surface area contributed by atoms with Crippen molar-refractivity contribution in [2.45, 2.75) is 19.4 Å². The van der Waals surface area contributed by atoms with E-state index in [1.54, 1.807) is 44.3 Å². The van der Waals surface area contributed by atoms with Gasteiger partial charge in [0.2, 0.25) is 0 Å². The number of carbonyl (C=O) groups is 3. The summed E-state index contributed by atoms with van der Waals surface area (Å²) in [6.07, 6.45) is 0.866. The molecule has 0 radical (unpaired) electrons. The van der Waals surface area contributed by atoms with Crippen LogP contribution in [0.15, 0.2) is 52.4 Å². The third kappa shape index (κ3) is 4.92. The zero-order valence-electron chi connectivity index (χ0n) is 17.2. The molecule has 1 aliphatic heterocycles. The Morgan fingerprint density at radius 1 is 1.22 bits per heavy atom. The lowest BCUT2D eigenvalue weighted by molar-refractivity contribution is -0.145. The number of nitrogens with zero attached hydrogens (tertiary/aromatic N) is 2. The monoisotopic (exact) mass is 456 g/mol. The maximum atomic E-state index is 12.7. The molecule has 1 heterocycles. The van der Waals surface area contributed by atoms with Crippen molar-refractivity contribution in [3.63, 3.8) is 0 Å². The van der Waals surface area contributed by atoms with Gasteiger partial charge in [-0.05, 0) is 42.5 Å². The van der Waals surface area contributed by atoms with Gasteiger partial charge in [-0.3, -0.25) is 9.69 Å². The van der Waals surface area contributed by atoms with Crippen molar-refractivity contribution in [1.82, 2.24) is 4.90 Å². The largest absolute Gasteiger partial charge is 0.507 e. The SMILES string of the molecule is CCC(Oc1ccccc1/C=C1\SC(=Nc2ccc(C(=O)O)c(O)c2)N(C)C1=O)C(=O)O. The molecular weight excluding hydrogens is 436 g/mol. The number of amidine groups is 1. The van der Waals surface area contributed by atoms with Gasteiger partial charge < -0.3 is 20.1 Å². The van der Waals surface area contributed by atoms with E-state index in [-0.39, 0.29) is 23.6 Å². The van der Waals surface area contributed by atoms with Crippen LogP contribution < -0.4 is 4.74 Å². The zero-order chi connectivity index (χ0) is 23.4. The fourth-order valence-electron chi connectivity index (χ4n) is 2.84. The van der Waals surface area contributed by atoms with E-state index in [9.17, 15) is 24.6 Å². The molecule has 0 aliphatic carbocycles. The number of phenols is 1. The number of carboxylic acids is 2. The number of para-hydroxylation sites is 1. The number of likely N-dealkylation sites (N-methyl/N-ethyl adjacent to an activating group) is 1. The number of amides is 1. The Labute approximate surface area is 187 Å². The molecule has 1 aliphatic rings. The molecule has 10 heteroatoms. The van der Waals surface area contributed by atoms with Crippen molar-refractivity contribution in [2.75, 3.05) is 7.05 Å². The van der Waals surface area contributed by atoms with Crippen LogP contribution in [0.2, 0.25) is 0 Å². The van der Waals surface area contributed by atoms with Gasteiger partial charge in [-0.1, -0.05) is 25.1 Å².